The van der Waals surface area contributed by atoms with Gasteiger partial charge in [-0.3, -0.25) is 4.79 Å². The molecule has 1 fully saturated rings. The van der Waals surface area contributed by atoms with Crippen molar-refractivity contribution in [2.24, 2.45) is 11.8 Å². The number of β-lactam (4-membered cyclic amide) rings is 1. The monoisotopic (exact) mass is 321 g/mol. The molecule has 1 saturated heterocycles. The van der Waals surface area contributed by atoms with Crippen LogP contribution in [-0.4, -0.2) is 34.0 Å². The van der Waals surface area contributed by atoms with Gasteiger partial charge in [-0.2, -0.15) is 0 Å². The largest absolute Gasteiger partial charge is 1.00 e. The van der Waals surface area contributed by atoms with E-state index in [1.807, 2.05) is 24.3 Å². The van der Waals surface area contributed by atoms with Crippen LogP contribution in [0.15, 0.2) is 30.0 Å². The smallest absolute Gasteiger partial charge is 0.543 e. The molecule has 0 bridgehead atoms. The van der Waals surface area contributed by atoms with E-state index in [1.54, 1.807) is 6.92 Å². The predicted octanol–water partition coefficient (Wildman–Crippen LogP) is -3.06. The van der Waals surface area contributed by atoms with E-state index in [4.69, 9.17) is 0 Å². The number of aliphatic carboxylic acids is 1. The SMILES string of the molecule is C[C@@H](O)[C@H]1C(=O)N2C(C(=O)[O-])=C3c4ccccc4CC[C@H]3[C@H]12.[Na+]. The van der Waals surface area contributed by atoms with Gasteiger partial charge in [-0.05, 0) is 36.5 Å². The summed E-state index contributed by atoms with van der Waals surface area (Å²) in [6, 6.07) is 7.47. The first-order valence-corrected chi connectivity index (χ1v) is 7.57. The number of rotatable bonds is 2. The molecular formula is C17H16NNaO4. The van der Waals surface area contributed by atoms with Crippen LogP contribution in [0, 0.1) is 11.8 Å². The second-order valence-electron chi connectivity index (χ2n) is 6.32. The van der Waals surface area contributed by atoms with Crippen LogP contribution >= 0.6 is 0 Å². The summed E-state index contributed by atoms with van der Waals surface area (Å²) < 4.78 is 0. The Hall–Kier alpha value is -1.14. The van der Waals surface area contributed by atoms with E-state index in [0.717, 1.165) is 24.0 Å². The molecule has 1 aromatic carbocycles. The van der Waals surface area contributed by atoms with Crippen molar-refractivity contribution in [3.63, 3.8) is 0 Å². The van der Waals surface area contributed by atoms with Crippen molar-refractivity contribution in [2.45, 2.75) is 31.9 Å². The number of carboxylic acids is 1. The van der Waals surface area contributed by atoms with Crippen LogP contribution in [0.4, 0.5) is 0 Å². The molecule has 0 spiro atoms. The Balaban J connectivity index is 0.00000156. The Labute approximate surface area is 156 Å². The van der Waals surface area contributed by atoms with Crippen LogP contribution in [0.2, 0.25) is 0 Å². The number of carbonyl (C=O) groups is 2. The Morgan fingerprint density at radius 2 is 2.09 bits per heavy atom. The number of aryl methyl sites for hydroxylation is 1. The van der Waals surface area contributed by atoms with Crippen LogP contribution in [-0.2, 0) is 16.0 Å². The number of carboxylic acid groups (broad SMARTS) is 1. The van der Waals surface area contributed by atoms with Crippen molar-refractivity contribution in [3.8, 4) is 0 Å². The minimum atomic E-state index is -1.31. The van der Waals surface area contributed by atoms with Gasteiger partial charge in [-0.15, -0.1) is 0 Å². The molecule has 4 rings (SSSR count). The van der Waals surface area contributed by atoms with Gasteiger partial charge in [0.05, 0.1) is 29.7 Å². The van der Waals surface area contributed by atoms with Crippen molar-refractivity contribution in [3.05, 3.63) is 41.1 Å². The molecule has 1 N–H and O–H groups in total. The molecule has 2 aliphatic heterocycles. The average Bonchev–Trinajstić information content (AvgIpc) is 2.78. The van der Waals surface area contributed by atoms with Crippen LogP contribution in [0.3, 0.4) is 0 Å². The number of aliphatic hydroxyl groups is 1. The Kier molecular flexibility index (Phi) is 4.17. The Morgan fingerprint density at radius 3 is 2.74 bits per heavy atom. The van der Waals surface area contributed by atoms with Crippen molar-refractivity contribution in [2.75, 3.05) is 0 Å². The summed E-state index contributed by atoms with van der Waals surface area (Å²) in [7, 11) is 0. The van der Waals surface area contributed by atoms with Crippen molar-refractivity contribution >= 4 is 17.4 Å². The third-order valence-corrected chi connectivity index (χ3v) is 5.21. The minimum absolute atomic E-state index is 0. The zero-order valence-corrected chi connectivity index (χ0v) is 15.2. The summed E-state index contributed by atoms with van der Waals surface area (Å²) >= 11 is 0. The van der Waals surface area contributed by atoms with Crippen molar-refractivity contribution in [1.82, 2.24) is 4.90 Å². The molecule has 0 radical (unpaired) electrons. The summed E-state index contributed by atoms with van der Waals surface area (Å²) in [6.07, 6.45) is 0.879. The van der Waals surface area contributed by atoms with Crippen molar-refractivity contribution in [1.29, 1.82) is 0 Å². The normalized spacial score (nSPS) is 29.0. The summed E-state index contributed by atoms with van der Waals surface area (Å²) in [5.74, 6) is -2.16. The summed E-state index contributed by atoms with van der Waals surface area (Å²) in [5.41, 5.74) is 2.73. The van der Waals surface area contributed by atoms with Gasteiger partial charge in [-0.1, -0.05) is 24.3 Å². The number of hydrogen-bond donors (Lipinski definition) is 1. The number of aliphatic hydroxyl groups excluding tert-OH is 1. The van der Waals surface area contributed by atoms with E-state index in [1.165, 1.54) is 4.90 Å². The fourth-order valence-corrected chi connectivity index (χ4v) is 4.35. The molecular weight excluding hydrogens is 305 g/mol. The van der Waals surface area contributed by atoms with Gasteiger partial charge in [0.25, 0.3) is 0 Å². The summed E-state index contributed by atoms with van der Waals surface area (Å²) in [6.45, 7) is 1.59. The molecule has 4 atom stereocenters. The second-order valence-corrected chi connectivity index (χ2v) is 6.32. The molecule has 23 heavy (non-hydrogen) atoms. The zero-order chi connectivity index (χ0) is 15.6. The fourth-order valence-electron chi connectivity index (χ4n) is 4.35. The molecule has 1 aromatic rings. The maximum Gasteiger partial charge on any atom is 1.00 e. The molecule has 1 aliphatic carbocycles. The number of nitrogens with zero attached hydrogens (tertiary/aromatic N) is 1. The minimum Gasteiger partial charge on any atom is -0.543 e. The topological polar surface area (TPSA) is 80.7 Å². The van der Waals surface area contributed by atoms with Gasteiger partial charge in [0.2, 0.25) is 5.91 Å². The van der Waals surface area contributed by atoms with Crippen LogP contribution in [0.1, 0.15) is 24.5 Å². The standard InChI is InChI=1S/C17H17NO4.Na/c1-8(19)12-14-11-7-6-9-4-2-3-5-10(9)13(11)15(17(21)22)18(14)16(12)20;/h2-5,8,11-12,14,19H,6-7H2,1H3,(H,21,22);/q;+1/p-1/t8-,11-,12-,14-;/m1./s1. The van der Waals surface area contributed by atoms with Gasteiger partial charge >= 0.3 is 29.6 Å². The molecule has 3 aliphatic rings. The number of carbonyl (C=O) groups excluding carboxylic acids is 2. The third-order valence-electron chi connectivity index (χ3n) is 5.21. The number of hydrogen-bond acceptors (Lipinski definition) is 4. The van der Waals surface area contributed by atoms with E-state index in [2.05, 4.69) is 0 Å². The maximum absolute atomic E-state index is 12.3. The number of amides is 1. The van der Waals surface area contributed by atoms with E-state index >= 15 is 0 Å². The van der Waals surface area contributed by atoms with Gasteiger partial charge in [-0.25, -0.2) is 0 Å². The maximum atomic E-state index is 12.3. The van der Waals surface area contributed by atoms with Crippen LogP contribution in [0.25, 0.3) is 5.57 Å². The molecule has 0 saturated carbocycles. The van der Waals surface area contributed by atoms with E-state index in [-0.39, 0.29) is 53.1 Å². The van der Waals surface area contributed by atoms with E-state index < -0.39 is 18.0 Å². The van der Waals surface area contributed by atoms with Crippen LogP contribution < -0.4 is 34.7 Å². The first-order chi connectivity index (χ1) is 10.5. The number of benzene rings is 1. The predicted molar refractivity (Wildman–Crippen MR) is 76.0 cm³/mol. The second kappa shape index (κ2) is 5.74. The molecule has 5 nitrogen and oxygen atoms in total. The zero-order valence-electron chi connectivity index (χ0n) is 13.2. The summed E-state index contributed by atoms with van der Waals surface area (Å²) in [4.78, 5) is 25.3. The van der Waals surface area contributed by atoms with E-state index in [9.17, 15) is 19.8 Å². The first kappa shape index (κ1) is 16.7. The van der Waals surface area contributed by atoms with Gasteiger partial charge < -0.3 is 19.9 Å². The van der Waals surface area contributed by atoms with Crippen molar-refractivity contribution < 1.29 is 49.4 Å². The Bertz CT molecular complexity index is 727. The van der Waals surface area contributed by atoms with Crippen LogP contribution in [0.5, 0.6) is 0 Å². The molecule has 1 amide bonds. The molecule has 0 aromatic heterocycles. The van der Waals surface area contributed by atoms with Gasteiger partial charge in [0, 0.05) is 5.92 Å². The molecule has 0 unspecified atom stereocenters. The third kappa shape index (κ3) is 2.14. The van der Waals surface area contributed by atoms with Gasteiger partial charge in [0.1, 0.15) is 0 Å². The fraction of sp³-hybridized carbons (Fsp3) is 0.412. The Morgan fingerprint density at radius 1 is 1.39 bits per heavy atom. The van der Waals surface area contributed by atoms with E-state index in [0.29, 0.717) is 5.57 Å². The summed E-state index contributed by atoms with van der Waals surface area (Å²) in [5, 5.41) is 21.5. The number of fused-ring (bicyclic) bond motifs is 5. The quantitative estimate of drug-likeness (QED) is 0.463. The molecule has 2 heterocycles. The first-order valence-electron chi connectivity index (χ1n) is 7.57. The molecule has 6 heteroatoms. The molecule has 114 valence electrons. The van der Waals surface area contributed by atoms with Gasteiger partial charge in [0.15, 0.2) is 0 Å². The average molecular weight is 321 g/mol.